The van der Waals surface area contributed by atoms with Crippen LogP contribution in [0.1, 0.15) is 61.0 Å². The summed E-state index contributed by atoms with van der Waals surface area (Å²) in [7, 11) is 0. The number of ether oxygens (including phenoxy) is 1. The molecular formula is C27H36N4O2. The molecule has 0 radical (unpaired) electrons. The van der Waals surface area contributed by atoms with Gasteiger partial charge in [0.2, 0.25) is 0 Å². The Morgan fingerprint density at radius 3 is 2.42 bits per heavy atom. The standard InChI is InChI=1S/C27H36N4O2/c1-7-29-12-14-30(15-13-29)21(6)26-20(5)24(27(32)33-18(2)3)16-25-23(10-11-31(25)26)22-9-8-19(4)28-17-22/h8-11,16-18,21H,7,12-15H2,1-6H3. The molecule has 0 amide bonds. The Morgan fingerprint density at radius 1 is 1.09 bits per heavy atom. The molecule has 1 saturated heterocycles. The predicted molar refractivity (Wildman–Crippen MR) is 133 cm³/mol. The van der Waals surface area contributed by atoms with E-state index in [0.29, 0.717) is 5.56 Å². The van der Waals surface area contributed by atoms with E-state index < -0.39 is 0 Å². The summed E-state index contributed by atoms with van der Waals surface area (Å²) in [6, 6.07) is 8.41. The minimum absolute atomic E-state index is 0.163. The number of aryl methyl sites for hydroxylation is 1. The number of esters is 1. The zero-order valence-corrected chi connectivity index (χ0v) is 20.8. The summed E-state index contributed by atoms with van der Waals surface area (Å²) in [5.74, 6) is -0.261. The lowest BCUT2D eigenvalue weighted by atomic mass is 9.99. The SMILES string of the molecule is CCN1CCN(C(C)c2c(C)c(C(=O)OC(C)C)cc3c(-c4ccc(C)nc4)ccn23)CC1. The monoisotopic (exact) mass is 448 g/mol. The fourth-order valence-electron chi connectivity index (χ4n) is 4.88. The van der Waals surface area contributed by atoms with Crippen molar-refractivity contribution in [2.75, 3.05) is 32.7 Å². The van der Waals surface area contributed by atoms with E-state index in [2.05, 4.69) is 58.3 Å². The molecule has 0 N–H and O–H groups in total. The molecule has 1 atom stereocenters. The van der Waals surface area contributed by atoms with Gasteiger partial charge in [0.15, 0.2) is 0 Å². The molecule has 3 aromatic rings. The van der Waals surface area contributed by atoms with Gasteiger partial charge in [0.25, 0.3) is 0 Å². The number of aromatic nitrogens is 2. The van der Waals surface area contributed by atoms with Crippen molar-refractivity contribution in [2.45, 2.75) is 53.7 Å². The first kappa shape index (κ1) is 23.5. The van der Waals surface area contributed by atoms with Crippen molar-refractivity contribution in [2.24, 2.45) is 0 Å². The largest absolute Gasteiger partial charge is 0.459 e. The smallest absolute Gasteiger partial charge is 0.338 e. The van der Waals surface area contributed by atoms with Crippen LogP contribution in [0.3, 0.4) is 0 Å². The van der Waals surface area contributed by atoms with Crippen LogP contribution in [0.2, 0.25) is 0 Å². The first-order valence-electron chi connectivity index (χ1n) is 12.0. The van der Waals surface area contributed by atoms with Crippen LogP contribution in [-0.2, 0) is 4.74 Å². The number of fused-ring (bicyclic) bond motifs is 1. The summed E-state index contributed by atoms with van der Waals surface area (Å²) < 4.78 is 7.89. The predicted octanol–water partition coefficient (Wildman–Crippen LogP) is 4.88. The van der Waals surface area contributed by atoms with Gasteiger partial charge in [-0.05, 0) is 64.9 Å². The van der Waals surface area contributed by atoms with Gasteiger partial charge in [0, 0.05) is 67.1 Å². The summed E-state index contributed by atoms with van der Waals surface area (Å²) in [6.07, 6.45) is 3.87. The average molecular weight is 449 g/mol. The number of hydrogen-bond donors (Lipinski definition) is 0. The van der Waals surface area contributed by atoms with E-state index in [9.17, 15) is 4.79 Å². The molecule has 3 aromatic heterocycles. The van der Waals surface area contributed by atoms with Gasteiger partial charge in [-0.3, -0.25) is 9.88 Å². The van der Waals surface area contributed by atoms with Crippen molar-refractivity contribution in [3.8, 4) is 11.1 Å². The first-order valence-corrected chi connectivity index (χ1v) is 12.0. The number of carbonyl (C=O) groups excluding carboxylic acids is 1. The number of nitrogens with zero attached hydrogens (tertiary/aromatic N) is 4. The third-order valence-corrected chi connectivity index (χ3v) is 6.84. The minimum atomic E-state index is -0.261. The Hall–Kier alpha value is -2.70. The third-order valence-electron chi connectivity index (χ3n) is 6.84. The van der Waals surface area contributed by atoms with Crippen molar-refractivity contribution >= 4 is 11.5 Å². The zero-order valence-electron chi connectivity index (χ0n) is 20.8. The van der Waals surface area contributed by atoms with Crippen LogP contribution in [-0.4, -0.2) is 64.0 Å². The van der Waals surface area contributed by atoms with Crippen molar-refractivity contribution < 1.29 is 9.53 Å². The van der Waals surface area contributed by atoms with Crippen LogP contribution in [0, 0.1) is 13.8 Å². The Balaban J connectivity index is 1.84. The van der Waals surface area contributed by atoms with E-state index in [1.807, 2.05) is 39.1 Å². The maximum atomic E-state index is 13.1. The van der Waals surface area contributed by atoms with Gasteiger partial charge >= 0.3 is 5.97 Å². The van der Waals surface area contributed by atoms with E-state index in [-0.39, 0.29) is 18.1 Å². The van der Waals surface area contributed by atoms with Crippen LogP contribution < -0.4 is 0 Å². The zero-order chi connectivity index (χ0) is 23.7. The van der Waals surface area contributed by atoms with Gasteiger partial charge in [-0.1, -0.05) is 13.0 Å². The van der Waals surface area contributed by atoms with E-state index >= 15 is 0 Å². The second-order valence-corrected chi connectivity index (χ2v) is 9.34. The Morgan fingerprint density at radius 2 is 1.82 bits per heavy atom. The normalized spacial score (nSPS) is 16.5. The van der Waals surface area contributed by atoms with Gasteiger partial charge < -0.3 is 14.0 Å². The van der Waals surface area contributed by atoms with Crippen molar-refractivity contribution in [3.63, 3.8) is 0 Å². The van der Waals surface area contributed by atoms with Crippen LogP contribution in [0.15, 0.2) is 36.7 Å². The van der Waals surface area contributed by atoms with E-state index in [4.69, 9.17) is 4.74 Å². The molecule has 1 unspecified atom stereocenters. The highest BCUT2D eigenvalue weighted by atomic mass is 16.5. The number of hydrogen-bond acceptors (Lipinski definition) is 5. The highest BCUT2D eigenvalue weighted by Gasteiger charge is 2.27. The average Bonchev–Trinajstić information content (AvgIpc) is 3.21. The van der Waals surface area contributed by atoms with Crippen LogP contribution in [0.4, 0.5) is 0 Å². The van der Waals surface area contributed by atoms with E-state index in [1.54, 1.807) is 0 Å². The summed E-state index contributed by atoms with van der Waals surface area (Å²) in [6.45, 7) is 17.6. The van der Waals surface area contributed by atoms with Gasteiger partial charge in [-0.2, -0.15) is 0 Å². The lowest BCUT2D eigenvalue weighted by Crippen LogP contribution is -2.47. The molecule has 4 heterocycles. The fraction of sp³-hybridized carbons (Fsp3) is 0.481. The molecule has 0 aromatic carbocycles. The Bertz CT molecular complexity index is 1130. The quantitative estimate of drug-likeness (QED) is 0.503. The van der Waals surface area contributed by atoms with E-state index in [1.165, 1.54) is 0 Å². The summed E-state index contributed by atoms with van der Waals surface area (Å²) in [5.41, 5.74) is 6.90. The highest BCUT2D eigenvalue weighted by Crippen LogP contribution is 2.34. The van der Waals surface area contributed by atoms with Gasteiger partial charge in [-0.25, -0.2) is 4.79 Å². The molecule has 6 heteroatoms. The first-order chi connectivity index (χ1) is 15.8. The van der Waals surface area contributed by atoms with Gasteiger partial charge in [-0.15, -0.1) is 0 Å². The lowest BCUT2D eigenvalue weighted by Gasteiger charge is -2.38. The van der Waals surface area contributed by atoms with Crippen LogP contribution in [0.5, 0.6) is 0 Å². The third kappa shape index (κ3) is 4.68. The summed E-state index contributed by atoms with van der Waals surface area (Å²) in [5, 5.41) is 0. The number of carbonyl (C=O) groups is 1. The van der Waals surface area contributed by atoms with Crippen LogP contribution in [0.25, 0.3) is 16.6 Å². The second kappa shape index (κ2) is 9.65. The lowest BCUT2D eigenvalue weighted by molar-refractivity contribution is 0.0376. The molecule has 6 nitrogen and oxygen atoms in total. The maximum Gasteiger partial charge on any atom is 0.338 e. The number of likely N-dealkylation sites (N-methyl/N-ethyl adjacent to an activating group) is 1. The molecule has 1 aliphatic heterocycles. The molecule has 0 aliphatic carbocycles. The number of rotatable bonds is 6. The number of pyridine rings is 2. The molecule has 0 saturated carbocycles. The molecule has 176 valence electrons. The fourth-order valence-corrected chi connectivity index (χ4v) is 4.88. The van der Waals surface area contributed by atoms with Crippen molar-refractivity contribution in [1.82, 2.24) is 19.2 Å². The summed E-state index contributed by atoms with van der Waals surface area (Å²) in [4.78, 5) is 22.6. The molecule has 1 aliphatic rings. The molecule has 33 heavy (non-hydrogen) atoms. The second-order valence-electron chi connectivity index (χ2n) is 9.34. The minimum Gasteiger partial charge on any atom is -0.459 e. The summed E-state index contributed by atoms with van der Waals surface area (Å²) >= 11 is 0. The molecule has 1 fully saturated rings. The Labute approximate surface area is 197 Å². The molecular weight excluding hydrogens is 412 g/mol. The van der Waals surface area contributed by atoms with Gasteiger partial charge in [0.1, 0.15) is 0 Å². The number of piperazine rings is 1. The maximum absolute atomic E-state index is 13.1. The topological polar surface area (TPSA) is 50.1 Å². The Kier molecular flexibility index (Phi) is 6.86. The molecule has 0 spiro atoms. The van der Waals surface area contributed by atoms with Gasteiger partial charge in [0.05, 0.1) is 17.2 Å². The van der Waals surface area contributed by atoms with E-state index in [0.717, 1.165) is 66.3 Å². The van der Waals surface area contributed by atoms with Crippen molar-refractivity contribution in [3.05, 3.63) is 59.2 Å². The highest BCUT2D eigenvalue weighted by molar-refractivity contribution is 5.95. The van der Waals surface area contributed by atoms with Crippen molar-refractivity contribution in [1.29, 1.82) is 0 Å². The molecule has 4 rings (SSSR count). The van der Waals surface area contributed by atoms with Crippen LogP contribution >= 0.6 is 0 Å². The molecule has 0 bridgehead atoms.